The summed E-state index contributed by atoms with van der Waals surface area (Å²) in [6.07, 6.45) is 4.52. The third-order valence-electron chi connectivity index (χ3n) is 2.85. The Morgan fingerprint density at radius 3 is 3.00 bits per heavy atom. The van der Waals surface area contributed by atoms with Crippen molar-refractivity contribution >= 4 is 10.0 Å². The number of fused-ring (bicyclic) bond motifs is 1. The zero-order valence-electron chi connectivity index (χ0n) is 10.2. The van der Waals surface area contributed by atoms with Crippen LogP contribution in [0.4, 0.5) is 0 Å². The molecule has 0 saturated carbocycles. The first kappa shape index (κ1) is 12.6. The second-order valence-electron chi connectivity index (χ2n) is 4.90. The second kappa shape index (κ2) is 4.78. The van der Waals surface area contributed by atoms with Crippen molar-refractivity contribution in [3.05, 3.63) is 17.5 Å². The molecule has 0 aliphatic carbocycles. The number of H-pyrrole nitrogens is 1. The number of nitrogens with one attached hydrogen (secondary N) is 1. The fraction of sp³-hybridized carbons (Fsp3) is 0.727. The Hall–Kier alpha value is -0.880. The van der Waals surface area contributed by atoms with Crippen LogP contribution < -0.4 is 0 Å². The summed E-state index contributed by atoms with van der Waals surface area (Å²) in [6.45, 7) is 4.84. The molecule has 1 N–H and O–H groups in total. The molecule has 2 heterocycles. The Morgan fingerprint density at radius 2 is 2.29 bits per heavy atom. The maximum absolute atomic E-state index is 12.2. The minimum Gasteiger partial charge on any atom is -0.282 e. The summed E-state index contributed by atoms with van der Waals surface area (Å²) in [5, 5.41) is 6.73. The van der Waals surface area contributed by atoms with E-state index in [1.165, 1.54) is 0 Å². The van der Waals surface area contributed by atoms with Crippen molar-refractivity contribution in [2.75, 3.05) is 12.3 Å². The number of nitrogens with zero attached hydrogens (tertiary/aromatic N) is 2. The van der Waals surface area contributed by atoms with E-state index in [4.69, 9.17) is 0 Å². The van der Waals surface area contributed by atoms with Gasteiger partial charge in [0.15, 0.2) is 0 Å². The molecule has 0 unspecified atom stereocenters. The van der Waals surface area contributed by atoms with Crippen LogP contribution in [-0.2, 0) is 23.0 Å². The third-order valence-corrected chi connectivity index (χ3v) is 5.04. The van der Waals surface area contributed by atoms with Crippen molar-refractivity contribution in [1.29, 1.82) is 0 Å². The lowest BCUT2D eigenvalue weighted by molar-refractivity contribution is 0.405. The van der Waals surface area contributed by atoms with Crippen LogP contribution in [0.15, 0.2) is 0 Å². The average molecular weight is 256 g/mol. The monoisotopic (exact) mass is 256 g/mol. The maximum atomic E-state index is 12.2. The van der Waals surface area contributed by atoms with Crippen molar-refractivity contribution in [2.24, 2.45) is 5.92 Å². The van der Waals surface area contributed by atoms with Gasteiger partial charge in [-0.3, -0.25) is 5.10 Å². The van der Waals surface area contributed by atoms with Gasteiger partial charge in [-0.05, 0) is 18.8 Å². The van der Waals surface area contributed by atoms with Crippen LogP contribution in [0.1, 0.15) is 31.5 Å². The average Bonchev–Trinajstić information content (AvgIpc) is 2.53. The zero-order valence-corrected chi connectivity index (χ0v) is 11.0. The molecule has 1 aromatic heterocycles. The Kier molecular flexibility index (Phi) is 3.53. The quantitative estimate of drug-likeness (QED) is 0.875. The highest BCUT2D eigenvalue weighted by Crippen LogP contribution is 2.19. The van der Waals surface area contributed by atoms with E-state index in [-0.39, 0.29) is 11.7 Å². The molecule has 1 aliphatic heterocycles. The molecule has 0 bridgehead atoms. The first-order valence-electron chi connectivity index (χ1n) is 5.90. The normalized spacial score (nSPS) is 18.1. The molecule has 2 rings (SSSR count). The van der Waals surface area contributed by atoms with Gasteiger partial charge < -0.3 is 0 Å². The summed E-state index contributed by atoms with van der Waals surface area (Å²) in [4.78, 5) is 0. The topological polar surface area (TPSA) is 66.1 Å². The van der Waals surface area contributed by atoms with E-state index in [9.17, 15) is 8.42 Å². The number of hydrogen-bond acceptors (Lipinski definition) is 3. The first-order valence-corrected chi connectivity index (χ1v) is 7.51. The molecule has 1 aromatic rings. The molecule has 6 heteroatoms. The van der Waals surface area contributed by atoms with Crippen LogP contribution in [0, 0.1) is 12.1 Å². The lowest BCUT2D eigenvalue weighted by Crippen LogP contribution is -2.34. The molecular formula is C11H18N3O2S. The molecule has 0 amide bonds. The molecule has 17 heavy (non-hydrogen) atoms. The van der Waals surface area contributed by atoms with E-state index in [0.717, 1.165) is 24.1 Å². The lowest BCUT2D eigenvalue weighted by Gasteiger charge is -2.20. The summed E-state index contributed by atoms with van der Waals surface area (Å²) in [5.41, 5.74) is 1.90. The Balaban J connectivity index is 2.18. The van der Waals surface area contributed by atoms with E-state index < -0.39 is 10.0 Å². The fourth-order valence-electron chi connectivity index (χ4n) is 2.09. The van der Waals surface area contributed by atoms with Crippen molar-refractivity contribution in [2.45, 2.75) is 33.2 Å². The lowest BCUT2D eigenvalue weighted by atomic mass is 10.2. The van der Waals surface area contributed by atoms with Crippen LogP contribution in [-0.4, -0.2) is 35.2 Å². The highest BCUT2D eigenvalue weighted by atomic mass is 32.2. The van der Waals surface area contributed by atoms with E-state index in [0.29, 0.717) is 13.1 Å². The van der Waals surface area contributed by atoms with Crippen molar-refractivity contribution in [1.82, 2.24) is 14.5 Å². The summed E-state index contributed by atoms with van der Waals surface area (Å²) in [7, 11) is -3.15. The number of rotatable bonds is 3. The second-order valence-corrected chi connectivity index (χ2v) is 6.92. The molecule has 0 atom stereocenters. The molecule has 0 aromatic carbocycles. The van der Waals surface area contributed by atoms with E-state index in [1.54, 1.807) is 4.31 Å². The van der Waals surface area contributed by atoms with Gasteiger partial charge in [0, 0.05) is 24.3 Å². The summed E-state index contributed by atoms with van der Waals surface area (Å²) in [5.74, 6) is 0.358. The van der Waals surface area contributed by atoms with Crippen LogP contribution in [0.5, 0.6) is 0 Å². The predicted octanol–water partition coefficient (Wildman–Crippen LogP) is 0.944. The largest absolute Gasteiger partial charge is 0.282 e. The van der Waals surface area contributed by atoms with Crippen LogP contribution in [0.3, 0.4) is 0 Å². The molecule has 0 saturated heterocycles. The van der Waals surface area contributed by atoms with Crippen LogP contribution >= 0.6 is 0 Å². The maximum Gasteiger partial charge on any atom is 0.214 e. The summed E-state index contributed by atoms with van der Waals surface area (Å²) >= 11 is 0. The third kappa shape index (κ3) is 2.87. The van der Waals surface area contributed by atoms with Gasteiger partial charge in [-0.1, -0.05) is 13.8 Å². The molecular weight excluding hydrogens is 238 g/mol. The number of aryl methyl sites for hydroxylation is 1. The van der Waals surface area contributed by atoms with Gasteiger partial charge in [-0.15, -0.1) is 0 Å². The SMILES string of the molecule is CC(C)CS(=O)(=O)N1CCCc2[nH]n[c]c2C1. The molecule has 1 aliphatic rings. The number of sulfonamides is 1. The van der Waals surface area contributed by atoms with Gasteiger partial charge in [0.05, 0.1) is 5.75 Å². The summed E-state index contributed by atoms with van der Waals surface area (Å²) in [6, 6.07) is 0. The van der Waals surface area contributed by atoms with Gasteiger partial charge in [-0.25, -0.2) is 8.42 Å². The van der Waals surface area contributed by atoms with Crippen molar-refractivity contribution in [3.8, 4) is 0 Å². The predicted molar refractivity (Wildman–Crippen MR) is 64.8 cm³/mol. The van der Waals surface area contributed by atoms with Crippen LogP contribution in [0.2, 0.25) is 0 Å². The minimum absolute atomic E-state index is 0.149. The highest BCUT2D eigenvalue weighted by molar-refractivity contribution is 7.89. The molecule has 95 valence electrons. The highest BCUT2D eigenvalue weighted by Gasteiger charge is 2.26. The first-order chi connectivity index (χ1) is 7.99. The molecule has 0 spiro atoms. The van der Waals surface area contributed by atoms with Gasteiger partial charge in [0.1, 0.15) is 6.20 Å². The molecule has 5 nitrogen and oxygen atoms in total. The summed E-state index contributed by atoms with van der Waals surface area (Å²) < 4.78 is 25.9. The number of aromatic nitrogens is 2. The van der Waals surface area contributed by atoms with E-state index in [1.807, 2.05) is 13.8 Å². The van der Waals surface area contributed by atoms with Gasteiger partial charge in [-0.2, -0.15) is 9.40 Å². The smallest absolute Gasteiger partial charge is 0.214 e. The zero-order chi connectivity index (χ0) is 12.5. The Labute approximate surface area is 102 Å². The van der Waals surface area contributed by atoms with Crippen molar-refractivity contribution < 1.29 is 8.42 Å². The Morgan fingerprint density at radius 1 is 1.53 bits per heavy atom. The van der Waals surface area contributed by atoms with Crippen molar-refractivity contribution in [3.63, 3.8) is 0 Å². The van der Waals surface area contributed by atoms with E-state index in [2.05, 4.69) is 16.4 Å². The van der Waals surface area contributed by atoms with E-state index >= 15 is 0 Å². The van der Waals surface area contributed by atoms with Crippen LogP contribution in [0.25, 0.3) is 0 Å². The molecule has 1 radical (unpaired) electrons. The van der Waals surface area contributed by atoms with Gasteiger partial charge >= 0.3 is 0 Å². The standard InChI is InChI=1S/C11H18N3O2S/c1-9(2)8-17(15,16)14-5-3-4-11-10(7-14)6-12-13-11/h9H,3-5,7-8H2,1-2H3,(H,12,13). The molecule has 0 fully saturated rings. The Bertz CT molecular complexity index is 479. The van der Waals surface area contributed by atoms with Gasteiger partial charge in [0.2, 0.25) is 10.0 Å². The number of aromatic amines is 1. The van der Waals surface area contributed by atoms with Gasteiger partial charge in [0.25, 0.3) is 0 Å². The minimum atomic E-state index is -3.15. The fourth-order valence-corrected chi connectivity index (χ4v) is 3.87. The number of hydrogen-bond donors (Lipinski definition) is 1.